The van der Waals surface area contributed by atoms with Gasteiger partial charge in [0, 0.05) is 18.8 Å². The van der Waals surface area contributed by atoms with Crippen molar-refractivity contribution in [3.8, 4) is 0 Å². The van der Waals surface area contributed by atoms with Gasteiger partial charge in [-0.3, -0.25) is 9.69 Å². The molecule has 0 fully saturated rings. The Morgan fingerprint density at radius 2 is 1.78 bits per heavy atom. The van der Waals surface area contributed by atoms with Crippen LogP contribution in [0.3, 0.4) is 0 Å². The van der Waals surface area contributed by atoms with Crippen LogP contribution in [0.1, 0.15) is 32.6 Å². The van der Waals surface area contributed by atoms with Crippen molar-refractivity contribution in [2.45, 2.75) is 31.7 Å². The molecule has 1 N–H and O–H groups in total. The molecule has 2 aromatic rings. The van der Waals surface area contributed by atoms with Gasteiger partial charge in [0.15, 0.2) is 0 Å². The molecule has 148 valence electrons. The number of hydrogen-bond donors (Lipinski definition) is 1. The standard InChI is InChI=1S/C19H27N3O4S/c1-5-22(6-2)27(24,25)17-11-9-16(10-12-17)20-19(23)14-21(4)15(3)18-8-7-13-26-18/h7-13,15H,5-6,14H2,1-4H3,(H,20,23). The molecule has 1 heterocycles. The minimum Gasteiger partial charge on any atom is -0.468 e. The van der Waals surface area contributed by atoms with Crippen LogP contribution < -0.4 is 5.32 Å². The molecule has 0 saturated carbocycles. The zero-order valence-corrected chi connectivity index (χ0v) is 17.0. The maximum atomic E-state index is 12.5. The Hall–Kier alpha value is -2.16. The van der Waals surface area contributed by atoms with Crippen LogP contribution >= 0.6 is 0 Å². The van der Waals surface area contributed by atoms with E-state index in [2.05, 4.69) is 5.32 Å². The highest BCUT2D eigenvalue weighted by Gasteiger charge is 2.21. The van der Waals surface area contributed by atoms with Gasteiger partial charge in [-0.05, 0) is 50.4 Å². The summed E-state index contributed by atoms with van der Waals surface area (Å²) in [6, 6.07) is 9.87. The summed E-state index contributed by atoms with van der Waals surface area (Å²) in [5.74, 6) is 0.603. The largest absolute Gasteiger partial charge is 0.468 e. The average Bonchev–Trinajstić information content (AvgIpc) is 3.16. The molecule has 1 unspecified atom stereocenters. The van der Waals surface area contributed by atoms with Crippen LogP contribution in [0.4, 0.5) is 5.69 Å². The molecule has 7 nitrogen and oxygen atoms in total. The maximum Gasteiger partial charge on any atom is 0.243 e. The van der Waals surface area contributed by atoms with Crippen LogP contribution in [-0.4, -0.2) is 50.2 Å². The molecule has 1 amide bonds. The van der Waals surface area contributed by atoms with E-state index in [9.17, 15) is 13.2 Å². The van der Waals surface area contributed by atoms with Gasteiger partial charge in [-0.25, -0.2) is 8.42 Å². The zero-order chi connectivity index (χ0) is 20.0. The van der Waals surface area contributed by atoms with Crippen LogP contribution in [0.25, 0.3) is 0 Å². The summed E-state index contributed by atoms with van der Waals surface area (Å²) >= 11 is 0. The topological polar surface area (TPSA) is 82.9 Å². The van der Waals surface area contributed by atoms with Gasteiger partial charge in [0.25, 0.3) is 0 Å². The predicted octanol–water partition coefficient (Wildman–Crippen LogP) is 2.94. The van der Waals surface area contributed by atoms with Crippen molar-refractivity contribution in [3.05, 3.63) is 48.4 Å². The highest BCUT2D eigenvalue weighted by Crippen LogP contribution is 2.20. The second kappa shape index (κ2) is 9.16. The smallest absolute Gasteiger partial charge is 0.243 e. The van der Waals surface area contributed by atoms with Crippen LogP contribution in [0, 0.1) is 0 Å². The SMILES string of the molecule is CCN(CC)S(=O)(=O)c1ccc(NC(=O)CN(C)C(C)c2ccco2)cc1. The number of furan rings is 1. The summed E-state index contributed by atoms with van der Waals surface area (Å²) in [6.07, 6.45) is 1.60. The molecule has 0 saturated heterocycles. The molecule has 27 heavy (non-hydrogen) atoms. The number of nitrogens with zero attached hydrogens (tertiary/aromatic N) is 2. The van der Waals surface area contributed by atoms with Crippen molar-refractivity contribution in [3.63, 3.8) is 0 Å². The number of sulfonamides is 1. The highest BCUT2D eigenvalue weighted by atomic mass is 32.2. The summed E-state index contributed by atoms with van der Waals surface area (Å²) in [6.45, 7) is 6.57. The molecule has 0 aliphatic rings. The number of likely N-dealkylation sites (N-methyl/N-ethyl adjacent to an activating group) is 1. The lowest BCUT2D eigenvalue weighted by atomic mass is 10.2. The fourth-order valence-electron chi connectivity index (χ4n) is 2.73. The van der Waals surface area contributed by atoms with Crippen LogP contribution in [0.2, 0.25) is 0 Å². The number of anilines is 1. The normalized spacial score (nSPS) is 13.1. The Morgan fingerprint density at radius 3 is 2.30 bits per heavy atom. The van der Waals surface area contributed by atoms with Crippen molar-refractivity contribution in [1.82, 2.24) is 9.21 Å². The lowest BCUT2D eigenvalue weighted by molar-refractivity contribution is -0.117. The van der Waals surface area contributed by atoms with E-state index in [1.807, 2.05) is 31.0 Å². The quantitative estimate of drug-likeness (QED) is 0.708. The van der Waals surface area contributed by atoms with Crippen LogP contribution in [0.15, 0.2) is 52.0 Å². The molecule has 0 aliphatic heterocycles. The number of nitrogens with one attached hydrogen (secondary N) is 1. The first-order valence-corrected chi connectivity index (χ1v) is 10.4. The Balaban J connectivity index is 1.99. The molecule has 1 aromatic carbocycles. The van der Waals surface area contributed by atoms with Crippen molar-refractivity contribution in [2.75, 3.05) is 32.0 Å². The Kier molecular flexibility index (Phi) is 7.18. The minimum atomic E-state index is -3.50. The van der Waals surface area contributed by atoms with E-state index >= 15 is 0 Å². The lowest BCUT2D eigenvalue weighted by Gasteiger charge is -2.22. The molecular formula is C19H27N3O4S. The fourth-order valence-corrected chi connectivity index (χ4v) is 4.19. The van der Waals surface area contributed by atoms with E-state index in [0.717, 1.165) is 5.76 Å². The molecule has 2 rings (SSSR count). The zero-order valence-electron chi connectivity index (χ0n) is 16.2. The van der Waals surface area contributed by atoms with E-state index in [1.54, 1.807) is 32.2 Å². The van der Waals surface area contributed by atoms with Gasteiger partial charge in [-0.2, -0.15) is 4.31 Å². The molecule has 8 heteroatoms. The van der Waals surface area contributed by atoms with E-state index in [1.165, 1.54) is 16.4 Å². The Morgan fingerprint density at radius 1 is 1.15 bits per heavy atom. The van der Waals surface area contributed by atoms with Gasteiger partial charge in [0.05, 0.1) is 23.7 Å². The number of amides is 1. The van der Waals surface area contributed by atoms with E-state index in [4.69, 9.17) is 4.42 Å². The average molecular weight is 394 g/mol. The minimum absolute atomic E-state index is 0.0349. The Bertz CT molecular complexity index is 828. The van der Waals surface area contributed by atoms with Gasteiger partial charge < -0.3 is 9.73 Å². The molecule has 0 radical (unpaired) electrons. The highest BCUT2D eigenvalue weighted by molar-refractivity contribution is 7.89. The summed E-state index contributed by atoms with van der Waals surface area (Å²) in [5.41, 5.74) is 0.553. The van der Waals surface area contributed by atoms with Crippen LogP contribution in [-0.2, 0) is 14.8 Å². The molecule has 0 aliphatic carbocycles. The molecule has 1 aromatic heterocycles. The molecule has 0 spiro atoms. The number of hydrogen-bond acceptors (Lipinski definition) is 5. The third-order valence-electron chi connectivity index (χ3n) is 4.49. The van der Waals surface area contributed by atoms with E-state index < -0.39 is 10.0 Å². The maximum absolute atomic E-state index is 12.5. The predicted molar refractivity (Wildman–Crippen MR) is 105 cm³/mol. The number of benzene rings is 1. The molecule has 0 bridgehead atoms. The number of carbonyl (C=O) groups is 1. The van der Waals surface area contributed by atoms with E-state index in [0.29, 0.717) is 18.8 Å². The summed E-state index contributed by atoms with van der Waals surface area (Å²) in [4.78, 5) is 14.4. The van der Waals surface area contributed by atoms with Gasteiger partial charge >= 0.3 is 0 Å². The van der Waals surface area contributed by atoms with Gasteiger partial charge in [0.2, 0.25) is 15.9 Å². The van der Waals surface area contributed by atoms with Crippen molar-refractivity contribution < 1.29 is 17.6 Å². The second-order valence-electron chi connectivity index (χ2n) is 6.27. The molecular weight excluding hydrogens is 366 g/mol. The number of rotatable bonds is 9. The third kappa shape index (κ3) is 5.18. The van der Waals surface area contributed by atoms with Gasteiger partial charge in [-0.1, -0.05) is 13.8 Å². The summed E-state index contributed by atoms with van der Waals surface area (Å²) < 4.78 is 31.7. The second-order valence-corrected chi connectivity index (χ2v) is 8.21. The van der Waals surface area contributed by atoms with Crippen LogP contribution in [0.5, 0.6) is 0 Å². The summed E-state index contributed by atoms with van der Waals surface area (Å²) in [7, 11) is -1.66. The summed E-state index contributed by atoms with van der Waals surface area (Å²) in [5, 5.41) is 2.79. The first-order valence-electron chi connectivity index (χ1n) is 8.93. The first-order chi connectivity index (χ1) is 12.8. The lowest BCUT2D eigenvalue weighted by Crippen LogP contribution is -2.32. The van der Waals surface area contributed by atoms with Crippen molar-refractivity contribution in [1.29, 1.82) is 0 Å². The fraction of sp³-hybridized carbons (Fsp3) is 0.421. The first kappa shape index (κ1) is 21.1. The Labute approximate surface area is 161 Å². The number of carbonyl (C=O) groups excluding carboxylic acids is 1. The molecule has 1 atom stereocenters. The van der Waals surface area contributed by atoms with Gasteiger partial charge in [0.1, 0.15) is 5.76 Å². The van der Waals surface area contributed by atoms with Crippen molar-refractivity contribution in [2.24, 2.45) is 0 Å². The van der Waals surface area contributed by atoms with Gasteiger partial charge in [-0.15, -0.1) is 0 Å². The van der Waals surface area contributed by atoms with Crippen molar-refractivity contribution >= 4 is 21.6 Å². The van der Waals surface area contributed by atoms with E-state index in [-0.39, 0.29) is 23.4 Å². The third-order valence-corrected chi connectivity index (χ3v) is 6.55. The monoisotopic (exact) mass is 393 g/mol.